The first-order valence-corrected chi connectivity index (χ1v) is 10.4. The molecule has 2 aromatic carbocycles. The van der Waals surface area contributed by atoms with Crippen LogP contribution in [-0.4, -0.2) is 17.9 Å². The van der Waals surface area contributed by atoms with E-state index in [0.717, 1.165) is 11.3 Å². The number of halogens is 2. The SMILES string of the molecule is Cc1ccc(CSCC(=O)N/N=C\c2ccc(-c3ccc(Cl)cc3Cl)o2)cc1. The van der Waals surface area contributed by atoms with Crippen molar-refractivity contribution >= 4 is 47.1 Å². The monoisotopic (exact) mass is 432 g/mol. The number of hydrogen-bond acceptors (Lipinski definition) is 4. The molecule has 0 saturated carbocycles. The molecule has 1 heterocycles. The number of benzene rings is 2. The normalized spacial score (nSPS) is 11.1. The quantitative estimate of drug-likeness (QED) is 0.370. The van der Waals surface area contributed by atoms with Gasteiger partial charge in [-0.2, -0.15) is 5.10 Å². The Morgan fingerprint density at radius 1 is 1.14 bits per heavy atom. The predicted molar refractivity (Wildman–Crippen MR) is 117 cm³/mol. The Labute approximate surface area is 177 Å². The van der Waals surface area contributed by atoms with Crippen LogP contribution in [0.2, 0.25) is 10.0 Å². The highest BCUT2D eigenvalue weighted by molar-refractivity contribution is 7.99. The van der Waals surface area contributed by atoms with Crippen molar-refractivity contribution in [3.63, 3.8) is 0 Å². The molecule has 28 heavy (non-hydrogen) atoms. The molecule has 0 fully saturated rings. The molecule has 4 nitrogen and oxygen atoms in total. The Bertz CT molecular complexity index is 984. The number of rotatable bonds is 7. The van der Waals surface area contributed by atoms with E-state index in [-0.39, 0.29) is 5.91 Å². The van der Waals surface area contributed by atoms with E-state index in [9.17, 15) is 4.79 Å². The largest absolute Gasteiger partial charge is 0.455 e. The van der Waals surface area contributed by atoms with Crippen molar-refractivity contribution in [2.45, 2.75) is 12.7 Å². The predicted octanol–water partition coefficient (Wildman–Crippen LogP) is 5.95. The lowest BCUT2D eigenvalue weighted by atomic mass is 10.2. The minimum absolute atomic E-state index is 0.166. The van der Waals surface area contributed by atoms with Crippen molar-refractivity contribution in [3.05, 3.63) is 81.5 Å². The van der Waals surface area contributed by atoms with Gasteiger partial charge in [-0.3, -0.25) is 4.79 Å². The van der Waals surface area contributed by atoms with Gasteiger partial charge in [0.05, 0.1) is 17.0 Å². The second-order valence-corrected chi connectivity index (χ2v) is 7.93. The highest BCUT2D eigenvalue weighted by Crippen LogP contribution is 2.31. The van der Waals surface area contributed by atoms with Crippen molar-refractivity contribution in [3.8, 4) is 11.3 Å². The van der Waals surface area contributed by atoms with Crippen molar-refractivity contribution < 1.29 is 9.21 Å². The number of carbonyl (C=O) groups is 1. The topological polar surface area (TPSA) is 54.6 Å². The second-order valence-electron chi connectivity index (χ2n) is 6.10. The Hall–Kier alpha value is -2.21. The molecular formula is C21H18Cl2N2O2S. The molecule has 7 heteroatoms. The lowest BCUT2D eigenvalue weighted by molar-refractivity contribution is -0.118. The van der Waals surface area contributed by atoms with Crippen LogP contribution < -0.4 is 5.43 Å². The van der Waals surface area contributed by atoms with Crippen LogP contribution in [0.4, 0.5) is 0 Å². The molecule has 0 unspecified atom stereocenters. The number of carbonyl (C=O) groups excluding carboxylic acids is 1. The minimum atomic E-state index is -0.166. The number of hydrogen-bond donors (Lipinski definition) is 1. The Kier molecular flexibility index (Phi) is 7.20. The highest BCUT2D eigenvalue weighted by atomic mass is 35.5. The lowest BCUT2D eigenvalue weighted by Gasteiger charge is -2.02. The summed E-state index contributed by atoms with van der Waals surface area (Å²) in [5.74, 6) is 2.05. The summed E-state index contributed by atoms with van der Waals surface area (Å²) >= 11 is 13.6. The van der Waals surface area contributed by atoms with E-state index in [0.29, 0.717) is 27.3 Å². The van der Waals surface area contributed by atoms with Gasteiger partial charge in [0.25, 0.3) is 0 Å². The fourth-order valence-corrected chi connectivity index (χ4v) is 3.68. The first-order valence-electron chi connectivity index (χ1n) is 8.52. The standard InChI is InChI=1S/C21H18Cl2N2O2S/c1-14-2-4-15(5-3-14)12-28-13-21(26)25-24-11-17-7-9-20(27-17)18-8-6-16(22)10-19(18)23/h2-11H,12-13H2,1H3,(H,25,26)/b24-11-. The molecule has 0 aliphatic rings. The smallest absolute Gasteiger partial charge is 0.250 e. The van der Waals surface area contributed by atoms with Crippen LogP contribution in [-0.2, 0) is 10.5 Å². The van der Waals surface area contributed by atoms with Gasteiger partial charge in [0, 0.05) is 16.3 Å². The number of amides is 1. The van der Waals surface area contributed by atoms with Crippen LogP contribution in [0.15, 0.2) is 64.1 Å². The van der Waals surface area contributed by atoms with E-state index in [1.807, 2.05) is 0 Å². The van der Waals surface area contributed by atoms with Crippen molar-refractivity contribution in [2.24, 2.45) is 5.10 Å². The minimum Gasteiger partial charge on any atom is -0.455 e. The van der Waals surface area contributed by atoms with Gasteiger partial charge in [-0.15, -0.1) is 11.8 Å². The molecule has 0 bridgehead atoms. The van der Waals surface area contributed by atoms with Crippen LogP contribution >= 0.6 is 35.0 Å². The van der Waals surface area contributed by atoms with Gasteiger partial charge < -0.3 is 4.42 Å². The molecule has 3 aromatic rings. The van der Waals surface area contributed by atoms with Gasteiger partial charge >= 0.3 is 0 Å². The van der Waals surface area contributed by atoms with Crippen LogP contribution in [0.5, 0.6) is 0 Å². The van der Waals surface area contributed by atoms with E-state index in [1.165, 1.54) is 29.1 Å². The van der Waals surface area contributed by atoms with Crippen LogP contribution in [0, 0.1) is 6.92 Å². The average molecular weight is 433 g/mol. The van der Waals surface area contributed by atoms with Crippen molar-refractivity contribution in [1.29, 1.82) is 0 Å². The number of aryl methyl sites for hydroxylation is 1. The summed E-state index contributed by atoms with van der Waals surface area (Å²) in [6.45, 7) is 2.05. The summed E-state index contributed by atoms with van der Waals surface area (Å²) in [6, 6.07) is 17.0. The Morgan fingerprint density at radius 2 is 1.93 bits per heavy atom. The third-order valence-electron chi connectivity index (χ3n) is 3.83. The molecule has 0 aliphatic carbocycles. The molecule has 0 aliphatic heterocycles. The van der Waals surface area contributed by atoms with E-state index < -0.39 is 0 Å². The first-order chi connectivity index (χ1) is 13.5. The molecule has 3 rings (SSSR count). The maximum atomic E-state index is 11.9. The zero-order valence-corrected chi connectivity index (χ0v) is 17.4. The summed E-state index contributed by atoms with van der Waals surface area (Å²) < 4.78 is 5.69. The second kappa shape index (κ2) is 9.82. The molecule has 1 N–H and O–H groups in total. The maximum Gasteiger partial charge on any atom is 0.250 e. The number of furan rings is 1. The highest BCUT2D eigenvalue weighted by Gasteiger charge is 2.08. The molecule has 0 spiro atoms. The average Bonchev–Trinajstić information content (AvgIpc) is 3.12. The molecule has 0 radical (unpaired) electrons. The number of thioether (sulfide) groups is 1. The Balaban J connectivity index is 1.47. The van der Waals surface area contributed by atoms with Crippen LogP contribution in [0.1, 0.15) is 16.9 Å². The van der Waals surface area contributed by atoms with Gasteiger partial charge in [0.15, 0.2) is 0 Å². The van der Waals surface area contributed by atoms with E-state index in [2.05, 4.69) is 41.7 Å². The van der Waals surface area contributed by atoms with Gasteiger partial charge in [0.1, 0.15) is 11.5 Å². The number of nitrogens with zero attached hydrogens (tertiary/aromatic N) is 1. The summed E-state index contributed by atoms with van der Waals surface area (Å²) in [4.78, 5) is 11.9. The zero-order valence-electron chi connectivity index (χ0n) is 15.1. The van der Waals surface area contributed by atoms with Gasteiger partial charge in [-0.05, 0) is 42.8 Å². The van der Waals surface area contributed by atoms with Crippen LogP contribution in [0.25, 0.3) is 11.3 Å². The molecule has 0 atom stereocenters. The lowest BCUT2D eigenvalue weighted by Crippen LogP contribution is -2.19. The van der Waals surface area contributed by atoms with Gasteiger partial charge in [-0.1, -0.05) is 53.0 Å². The summed E-state index contributed by atoms with van der Waals surface area (Å²) in [7, 11) is 0. The maximum absolute atomic E-state index is 11.9. The fraction of sp³-hybridized carbons (Fsp3) is 0.143. The molecular weight excluding hydrogens is 415 g/mol. The van der Waals surface area contributed by atoms with E-state index in [1.54, 1.807) is 30.3 Å². The number of nitrogens with one attached hydrogen (secondary N) is 1. The first kappa shape index (κ1) is 20.5. The zero-order chi connectivity index (χ0) is 19.9. The molecule has 144 valence electrons. The van der Waals surface area contributed by atoms with E-state index in [4.69, 9.17) is 27.6 Å². The third-order valence-corrected chi connectivity index (χ3v) is 5.38. The van der Waals surface area contributed by atoms with E-state index >= 15 is 0 Å². The van der Waals surface area contributed by atoms with Crippen LogP contribution in [0.3, 0.4) is 0 Å². The Morgan fingerprint density at radius 3 is 2.68 bits per heavy atom. The summed E-state index contributed by atoms with van der Waals surface area (Å²) in [6.07, 6.45) is 1.45. The fourth-order valence-electron chi connectivity index (χ4n) is 2.40. The third kappa shape index (κ3) is 5.89. The molecule has 1 amide bonds. The van der Waals surface area contributed by atoms with Crippen molar-refractivity contribution in [1.82, 2.24) is 5.43 Å². The summed E-state index contributed by atoms with van der Waals surface area (Å²) in [5.41, 5.74) is 5.65. The van der Waals surface area contributed by atoms with Crippen molar-refractivity contribution in [2.75, 3.05) is 5.75 Å². The molecule has 0 saturated heterocycles. The summed E-state index contributed by atoms with van der Waals surface area (Å²) in [5, 5.41) is 5.00. The molecule has 1 aromatic heterocycles. The van der Waals surface area contributed by atoms with Gasteiger partial charge in [0.2, 0.25) is 5.91 Å². The number of hydrazone groups is 1. The van der Waals surface area contributed by atoms with Gasteiger partial charge in [-0.25, -0.2) is 5.43 Å².